The number of aryl methyl sites for hydroxylation is 1. The van der Waals surface area contributed by atoms with Crippen LogP contribution < -0.4 is 10.9 Å². The largest absolute Gasteiger partial charge is 0.422 e. The van der Waals surface area contributed by atoms with E-state index < -0.39 is 5.63 Å². The Bertz CT molecular complexity index is 1070. The molecule has 28 heavy (non-hydrogen) atoms. The van der Waals surface area contributed by atoms with Crippen molar-refractivity contribution in [3.63, 3.8) is 0 Å². The fourth-order valence-electron chi connectivity index (χ4n) is 4.03. The number of nitrogens with zero attached hydrogens (tertiary/aromatic N) is 3. The van der Waals surface area contributed by atoms with Gasteiger partial charge in [-0.3, -0.25) is 14.4 Å². The highest BCUT2D eigenvalue weighted by Gasteiger charge is 2.18. The number of nitrogens with one attached hydrogen (secondary N) is 1. The molecule has 0 radical (unpaired) electrons. The molecule has 7 heteroatoms. The van der Waals surface area contributed by atoms with Crippen molar-refractivity contribution in [3.05, 3.63) is 40.4 Å². The lowest BCUT2D eigenvalue weighted by Crippen LogP contribution is -2.42. The maximum Gasteiger partial charge on any atom is 0.347 e. The van der Waals surface area contributed by atoms with Crippen LogP contribution in [0.2, 0.25) is 0 Å². The van der Waals surface area contributed by atoms with Gasteiger partial charge in [0.05, 0.1) is 11.7 Å². The standard InChI is InChI=1S/C21H26N4O3/c1-14-6-7-18-16(11-14)20-17(21(27)28-18)12-23-25(20)13-19(26)22-8-10-24-9-4-3-5-15(24)2/h6-7,11-12,15H,3-5,8-10,13H2,1-2H3,(H,22,26)/t15-/m0/s1. The van der Waals surface area contributed by atoms with E-state index >= 15 is 0 Å². The molecule has 0 unspecified atom stereocenters. The molecule has 1 atom stereocenters. The third-order valence-electron chi connectivity index (χ3n) is 5.61. The number of hydrogen-bond acceptors (Lipinski definition) is 5. The maximum atomic E-state index is 12.5. The van der Waals surface area contributed by atoms with E-state index in [1.54, 1.807) is 10.7 Å². The maximum absolute atomic E-state index is 12.5. The summed E-state index contributed by atoms with van der Waals surface area (Å²) in [6.07, 6.45) is 5.22. The molecule has 1 amide bonds. The second kappa shape index (κ2) is 7.75. The molecule has 3 heterocycles. The number of amides is 1. The topological polar surface area (TPSA) is 80.4 Å². The zero-order chi connectivity index (χ0) is 19.7. The molecule has 2 aromatic heterocycles. The molecule has 1 aliphatic heterocycles. The van der Waals surface area contributed by atoms with Crippen molar-refractivity contribution in [3.8, 4) is 0 Å². The zero-order valence-electron chi connectivity index (χ0n) is 16.4. The van der Waals surface area contributed by atoms with Gasteiger partial charge in [0.1, 0.15) is 17.5 Å². The number of carbonyl (C=O) groups is 1. The Morgan fingerprint density at radius 2 is 2.18 bits per heavy atom. The molecule has 1 fully saturated rings. The van der Waals surface area contributed by atoms with E-state index in [1.807, 2.05) is 19.1 Å². The van der Waals surface area contributed by atoms with Crippen molar-refractivity contribution < 1.29 is 9.21 Å². The van der Waals surface area contributed by atoms with Crippen LogP contribution in [-0.2, 0) is 11.3 Å². The molecular formula is C21H26N4O3. The number of aromatic nitrogens is 2. The minimum atomic E-state index is -0.433. The van der Waals surface area contributed by atoms with E-state index in [4.69, 9.17) is 4.42 Å². The van der Waals surface area contributed by atoms with Gasteiger partial charge in [-0.05, 0) is 45.4 Å². The first-order valence-corrected chi connectivity index (χ1v) is 9.92. The van der Waals surface area contributed by atoms with E-state index in [-0.39, 0.29) is 12.5 Å². The van der Waals surface area contributed by atoms with Crippen molar-refractivity contribution in [1.82, 2.24) is 20.0 Å². The minimum absolute atomic E-state index is 0.0749. The van der Waals surface area contributed by atoms with Crippen LogP contribution in [0.5, 0.6) is 0 Å². The summed E-state index contributed by atoms with van der Waals surface area (Å²) in [7, 11) is 0. The molecule has 1 aromatic carbocycles. The third kappa shape index (κ3) is 3.67. The predicted molar refractivity (Wildman–Crippen MR) is 108 cm³/mol. The van der Waals surface area contributed by atoms with Crippen molar-refractivity contribution in [2.24, 2.45) is 0 Å². The first-order valence-electron chi connectivity index (χ1n) is 9.92. The number of benzene rings is 1. The summed E-state index contributed by atoms with van der Waals surface area (Å²) < 4.78 is 6.97. The van der Waals surface area contributed by atoms with E-state index in [0.717, 1.165) is 24.0 Å². The molecule has 0 bridgehead atoms. The van der Waals surface area contributed by atoms with Gasteiger partial charge in [0.25, 0.3) is 0 Å². The van der Waals surface area contributed by atoms with E-state index in [2.05, 4.69) is 22.2 Å². The second-order valence-electron chi connectivity index (χ2n) is 7.68. The Kier molecular flexibility index (Phi) is 5.17. The number of rotatable bonds is 5. The lowest BCUT2D eigenvalue weighted by Gasteiger charge is -2.33. The Balaban J connectivity index is 1.50. The summed E-state index contributed by atoms with van der Waals surface area (Å²) in [4.78, 5) is 27.1. The quantitative estimate of drug-likeness (QED) is 0.686. The molecule has 1 N–H and O–H groups in total. The molecule has 3 aromatic rings. The van der Waals surface area contributed by atoms with Crippen molar-refractivity contribution >= 4 is 27.8 Å². The van der Waals surface area contributed by atoms with Crippen LogP contribution in [0.15, 0.2) is 33.6 Å². The highest BCUT2D eigenvalue weighted by Crippen LogP contribution is 2.23. The summed E-state index contributed by atoms with van der Waals surface area (Å²) in [5.74, 6) is -0.108. The Morgan fingerprint density at radius 1 is 1.32 bits per heavy atom. The minimum Gasteiger partial charge on any atom is -0.422 e. The number of fused-ring (bicyclic) bond motifs is 3. The summed E-state index contributed by atoms with van der Waals surface area (Å²) in [5.41, 5.74) is 1.77. The van der Waals surface area contributed by atoms with Crippen molar-refractivity contribution in [1.29, 1.82) is 0 Å². The molecule has 1 aliphatic rings. The van der Waals surface area contributed by atoms with Gasteiger partial charge >= 0.3 is 5.63 Å². The van der Waals surface area contributed by atoms with Gasteiger partial charge in [0.2, 0.25) is 5.91 Å². The van der Waals surface area contributed by atoms with Crippen molar-refractivity contribution in [2.45, 2.75) is 45.7 Å². The molecule has 4 rings (SSSR count). The lowest BCUT2D eigenvalue weighted by atomic mass is 10.0. The molecule has 0 spiro atoms. The average Bonchev–Trinajstić information content (AvgIpc) is 3.08. The van der Waals surface area contributed by atoms with Crippen LogP contribution in [-0.4, -0.2) is 46.3 Å². The van der Waals surface area contributed by atoms with Crippen molar-refractivity contribution in [2.75, 3.05) is 19.6 Å². The van der Waals surface area contributed by atoms with E-state index in [9.17, 15) is 9.59 Å². The fraction of sp³-hybridized carbons (Fsp3) is 0.476. The zero-order valence-corrected chi connectivity index (χ0v) is 16.4. The van der Waals surface area contributed by atoms with Gasteiger partial charge < -0.3 is 9.73 Å². The first-order chi connectivity index (χ1) is 13.5. The molecule has 0 aliphatic carbocycles. The lowest BCUT2D eigenvalue weighted by molar-refractivity contribution is -0.121. The third-order valence-corrected chi connectivity index (χ3v) is 5.61. The van der Waals surface area contributed by atoms with Gasteiger partial charge in [0, 0.05) is 24.5 Å². The molecule has 1 saturated heterocycles. The van der Waals surface area contributed by atoms with Crippen LogP contribution in [0.1, 0.15) is 31.7 Å². The van der Waals surface area contributed by atoms with Gasteiger partial charge in [-0.1, -0.05) is 18.1 Å². The van der Waals surface area contributed by atoms with E-state index in [1.165, 1.54) is 25.5 Å². The summed E-state index contributed by atoms with van der Waals surface area (Å²) >= 11 is 0. The molecular weight excluding hydrogens is 356 g/mol. The average molecular weight is 382 g/mol. The molecule has 7 nitrogen and oxygen atoms in total. The van der Waals surface area contributed by atoms with E-state index in [0.29, 0.717) is 29.1 Å². The molecule has 148 valence electrons. The molecule has 0 saturated carbocycles. The van der Waals surface area contributed by atoms with Crippen LogP contribution in [0, 0.1) is 6.92 Å². The Hall–Kier alpha value is -2.67. The van der Waals surface area contributed by atoms with Gasteiger partial charge in [-0.15, -0.1) is 0 Å². The Labute approximate surface area is 163 Å². The highest BCUT2D eigenvalue weighted by atomic mass is 16.4. The second-order valence-corrected chi connectivity index (χ2v) is 7.68. The first kappa shape index (κ1) is 18.7. The summed E-state index contributed by atoms with van der Waals surface area (Å²) in [5, 5.41) is 8.45. The van der Waals surface area contributed by atoms with Gasteiger partial charge in [-0.25, -0.2) is 4.79 Å². The Morgan fingerprint density at radius 3 is 3.00 bits per heavy atom. The normalized spacial score (nSPS) is 18.0. The predicted octanol–water partition coefficient (Wildman–Crippen LogP) is 2.44. The smallest absolute Gasteiger partial charge is 0.347 e. The summed E-state index contributed by atoms with van der Waals surface area (Å²) in [6.45, 7) is 6.87. The monoisotopic (exact) mass is 382 g/mol. The van der Waals surface area contributed by atoms with Gasteiger partial charge in [0.15, 0.2) is 0 Å². The number of likely N-dealkylation sites (tertiary alicyclic amines) is 1. The van der Waals surface area contributed by atoms with Crippen LogP contribution in [0.3, 0.4) is 0 Å². The van der Waals surface area contributed by atoms with Crippen LogP contribution >= 0.6 is 0 Å². The highest BCUT2D eigenvalue weighted by molar-refractivity contribution is 6.02. The number of piperidine rings is 1. The number of carbonyl (C=O) groups excluding carboxylic acids is 1. The SMILES string of the molecule is Cc1ccc2oc(=O)c3cnn(CC(=O)NCCN4CCCC[C@@H]4C)c3c2c1. The summed E-state index contributed by atoms with van der Waals surface area (Å²) in [6, 6.07) is 6.21. The fourth-order valence-corrected chi connectivity index (χ4v) is 4.03. The van der Waals surface area contributed by atoms with Crippen LogP contribution in [0.4, 0.5) is 0 Å². The van der Waals surface area contributed by atoms with Crippen LogP contribution in [0.25, 0.3) is 21.9 Å². The van der Waals surface area contributed by atoms with Gasteiger partial charge in [-0.2, -0.15) is 5.10 Å². The number of hydrogen-bond donors (Lipinski definition) is 1.